The maximum atomic E-state index is 14.1. The Balaban J connectivity index is 2.08. The molecular weight excluding hydrogens is 271 g/mol. The van der Waals surface area contributed by atoms with Crippen LogP contribution in [-0.2, 0) is 6.61 Å². The van der Waals surface area contributed by atoms with Gasteiger partial charge in [-0.2, -0.15) is 0 Å². The van der Waals surface area contributed by atoms with Gasteiger partial charge >= 0.3 is 0 Å². The van der Waals surface area contributed by atoms with E-state index in [2.05, 4.69) is 10.5 Å². The van der Waals surface area contributed by atoms with Gasteiger partial charge in [-0.3, -0.25) is 0 Å². The summed E-state index contributed by atoms with van der Waals surface area (Å²) in [5, 5.41) is 7.10. The first-order chi connectivity index (χ1) is 10.0. The average molecular weight is 292 g/mol. The summed E-state index contributed by atoms with van der Waals surface area (Å²) in [6.45, 7) is 8.77. The van der Waals surface area contributed by atoms with Gasteiger partial charge in [0.05, 0.1) is 11.3 Å². The number of aryl methyl sites for hydroxylation is 2. The molecule has 1 aromatic heterocycles. The third kappa shape index (κ3) is 3.61. The zero-order valence-electron chi connectivity index (χ0n) is 12.9. The van der Waals surface area contributed by atoms with Crippen molar-refractivity contribution in [1.82, 2.24) is 10.5 Å². The topological polar surface area (TPSA) is 47.3 Å². The summed E-state index contributed by atoms with van der Waals surface area (Å²) < 4.78 is 24.7. The largest absolute Gasteiger partial charge is 0.486 e. The van der Waals surface area contributed by atoms with E-state index >= 15 is 0 Å². The van der Waals surface area contributed by atoms with Crippen molar-refractivity contribution in [3.05, 3.63) is 46.6 Å². The van der Waals surface area contributed by atoms with Crippen molar-refractivity contribution < 1.29 is 13.7 Å². The Labute approximate surface area is 124 Å². The van der Waals surface area contributed by atoms with E-state index < -0.39 is 0 Å². The molecule has 0 spiro atoms. The fourth-order valence-electron chi connectivity index (χ4n) is 2.19. The quantitative estimate of drug-likeness (QED) is 0.882. The highest BCUT2D eigenvalue weighted by Crippen LogP contribution is 2.24. The molecule has 1 atom stereocenters. The molecule has 0 fully saturated rings. The number of hydrogen-bond donors (Lipinski definition) is 1. The highest BCUT2D eigenvalue weighted by Gasteiger charge is 2.13. The number of benzene rings is 1. The fourth-order valence-corrected chi connectivity index (χ4v) is 2.19. The Morgan fingerprint density at radius 2 is 2.14 bits per heavy atom. The summed E-state index contributed by atoms with van der Waals surface area (Å²) in [4.78, 5) is 0. The second-order valence-corrected chi connectivity index (χ2v) is 5.06. The third-order valence-electron chi connectivity index (χ3n) is 3.52. The van der Waals surface area contributed by atoms with Crippen LogP contribution in [0.15, 0.2) is 22.7 Å². The summed E-state index contributed by atoms with van der Waals surface area (Å²) in [7, 11) is 0. The SMILES string of the molecule is CCNC(C)c1ccc(OCc2c(C)noc2C)c(F)c1. The number of hydrogen-bond acceptors (Lipinski definition) is 4. The van der Waals surface area contributed by atoms with E-state index in [1.54, 1.807) is 6.07 Å². The summed E-state index contributed by atoms with van der Waals surface area (Å²) in [5.74, 6) is 0.580. The van der Waals surface area contributed by atoms with Crippen LogP contribution in [0.25, 0.3) is 0 Å². The second kappa shape index (κ2) is 6.72. The summed E-state index contributed by atoms with van der Waals surface area (Å²) in [6.07, 6.45) is 0. The van der Waals surface area contributed by atoms with Crippen molar-refractivity contribution in [3.8, 4) is 5.75 Å². The molecule has 0 aliphatic rings. The molecule has 0 bridgehead atoms. The standard InChI is InChI=1S/C16H21FN2O2/c1-5-18-10(2)13-6-7-16(15(17)8-13)20-9-14-11(3)19-21-12(14)4/h6-8,10,18H,5,9H2,1-4H3. The molecule has 0 saturated heterocycles. The molecule has 4 nitrogen and oxygen atoms in total. The van der Waals surface area contributed by atoms with Gasteiger partial charge in [0.25, 0.3) is 0 Å². The molecule has 2 rings (SSSR count). The molecule has 0 amide bonds. The molecule has 0 radical (unpaired) electrons. The van der Waals surface area contributed by atoms with Crippen LogP contribution in [0, 0.1) is 19.7 Å². The number of nitrogens with zero attached hydrogens (tertiary/aromatic N) is 1. The van der Waals surface area contributed by atoms with Crippen LogP contribution in [-0.4, -0.2) is 11.7 Å². The van der Waals surface area contributed by atoms with Gasteiger partial charge in [-0.05, 0) is 45.0 Å². The van der Waals surface area contributed by atoms with Crippen LogP contribution in [0.2, 0.25) is 0 Å². The minimum absolute atomic E-state index is 0.112. The van der Waals surface area contributed by atoms with E-state index in [-0.39, 0.29) is 24.2 Å². The molecule has 1 heterocycles. The van der Waals surface area contributed by atoms with E-state index in [0.717, 1.165) is 23.4 Å². The van der Waals surface area contributed by atoms with Gasteiger partial charge in [-0.1, -0.05) is 18.1 Å². The first-order valence-electron chi connectivity index (χ1n) is 7.10. The molecule has 0 aliphatic carbocycles. The van der Waals surface area contributed by atoms with Crippen LogP contribution in [0.1, 0.15) is 42.5 Å². The van der Waals surface area contributed by atoms with E-state index in [0.29, 0.717) is 5.76 Å². The van der Waals surface area contributed by atoms with Gasteiger partial charge in [0.1, 0.15) is 12.4 Å². The molecule has 2 aromatic rings. The Hall–Kier alpha value is -1.88. The van der Waals surface area contributed by atoms with Crippen molar-refractivity contribution in [2.24, 2.45) is 0 Å². The lowest BCUT2D eigenvalue weighted by atomic mass is 10.1. The maximum absolute atomic E-state index is 14.1. The Bertz CT molecular complexity index is 591. The molecular formula is C16H21FN2O2. The van der Waals surface area contributed by atoms with E-state index in [4.69, 9.17) is 9.26 Å². The predicted molar refractivity (Wildman–Crippen MR) is 78.8 cm³/mol. The van der Waals surface area contributed by atoms with Gasteiger partial charge in [-0.15, -0.1) is 0 Å². The van der Waals surface area contributed by atoms with Crippen molar-refractivity contribution in [1.29, 1.82) is 0 Å². The van der Waals surface area contributed by atoms with E-state index in [1.807, 2.05) is 33.8 Å². The van der Waals surface area contributed by atoms with E-state index in [9.17, 15) is 4.39 Å². The lowest BCUT2D eigenvalue weighted by Gasteiger charge is -2.14. The Morgan fingerprint density at radius 1 is 1.38 bits per heavy atom. The summed E-state index contributed by atoms with van der Waals surface area (Å²) in [5.41, 5.74) is 2.53. The summed E-state index contributed by atoms with van der Waals surface area (Å²) in [6, 6.07) is 5.16. The lowest BCUT2D eigenvalue weighted by molar-refractivity contribution is 0.286. The van der Waals surface area contributed by atoms with Gasteiger partial charge in [0.2, 0.25) is 0 Å². The zero-order chi connectivity index (χ0) is 15.4. The van der Waals surface area contributed by atoms with Gasteiger partial charge in [0, 0.05) is 6.04 Å². The first-order valence-corrected chi connectivity index (χ1v) is 7.10. The lowest BCUT2D eigenvalue weighted by Crippen LogP contribution is -2.17. The zero-order valence-corrected chi connectivity index (χ0v) is 12.9. The molecule has 1 aromatic carbocycles. The van der Waals surface area contributed by atoms with Gasteiger partial charge in [0.15, 0.2) is 11.6 Å². The fraction of sp³-hybridized carbons (Fsp3) is 0.438. The third-order valence-corrected chi connectivity index (χ3v) is 3.52. The van der Waals surface area contributed by atoms with Crippen molar-refractivity contribution in [3.63, 3.8) is 0 Å². The monoisotopic (exact) mass is 292 g/mol. The molecule has 5 heteroatoms. The van der Waals surface area contributed by atoms with Crippen molar-refractivity contribution >= 4 is 0 Å². The number of ether oxygens (including phenoxy) is 1. The molecule has 1 unspecified atom stereocenters. The highest BCUT2D eigenvalue weighted by atomic mass is 19.1. The van der Waals surface area contributed by atoms with Crippen LogP contribution in [0.4, 0.5) is 4.39 Å². The Kier molecular flexibility index (Phi) is 4.96. The van der Waals surface area contributed by atoms with Crippen LogP contribution in [0.3, 0.4) is 0 Å². The number of rotatable bonds is 6. The van der Waals surface area contributed by atoms with Crippen LogP contribution >= 0.6 is 0 Å². The highest BCUT2D eigenvalue weighted by molar-refractivity contribution is 5.31. The minimum atomic E-state index is -0.357. The van der Waals surface area contributed by atoms with Crippen molar-refractivity contribution in [2.45, 2.75) is 40.3 Å². The smallest absolute Gasteiger partial charge is 0.165 e. The minimum Gasteiger partial charge on any atom is -0.486 e. The van der Waals surface area contributed by atoms with Crippen LogP contribution in [0.5, 0.6) is 5.75 Å². The van der Waals surface area contributed by atoms with Crippen molar-refractivity contribution in [2.75, 3.05) is 6.54 Å². The molecule has 0 aliphatic heterocycles. The number of aromatic nitrogens is 1. The molecule has 0 saturated carbocycles. The average Bonchev–Trinajstić information content (AvgIpc) is 2.77. The second-order valence-electron chi connectivity index (χ2n) is 5.06. The summed E-state index contributed by atoms with van der Waals surface area (Å²) >= 11 is 0. The Morgan fingerprint density at radius 3 is 2.71 bits per heavy atom. The van der Waals surface area contributed by atoms with Gasteiger partial charge < -0.3 is 14.6 Å². The first kappa shape index (κ1) is 15.5. The van der Waals surface area contributed by atoms with Gasteiger partial charge in [-0.25, -0.2) is 4.39 Å². The molecule has 114 valence electrons. The molecule has 1 N–H and O–H groups in total. The maximum Gasteiger partial charge on any atom is 0.165 e. The number of halogens is 1. The van der Waals surface area contributed by atoms with E-state index in [1.165, 1.54) is 6.07 Å². The van der Waals surface area contributed by atoms with Crippen LogP contribution < -0.4 is 10.1 Å². The molecule has 21 heavy (non-hydrogen) atoms. The number of nitrogens with one attached hydrogen (secondary N) is 1. The normalized spacial score (nSPS) is 12.4. The predicted octanol–water partition coefficient (Wildman–Crippen LogP) is 3.68.